The van der Waals surface area contributed by atoms with E-state index in [9.17, 15) is 0 Å². The van der Waals surface area contributed by atoms with Gasteiger partial charge in [0.05, 0.1) is 12.3 Å². The maximum absolute atomic E-state index is 5.00. The van der Waals surface area contributed by atoms with Gasteiger partial charge in [0, 0.05) is 39.0 Å². The molecule has 0 aromatic carbocycles. The summed E-state index contributed by atoms with van der Waals surface area (Å²) in [6.07, 6.45) is 3.60. The van der Waals surface area contributed by atoms with Gasteiger partial charge >= 0.3 is 0 Å². The molecule has 0 saturated heterocycles. The van der Waals surface area contributed by atoms with Gasteiger partial charge in [-0.1, -0.05) is 0 Å². The highest BCUT2D eigenvalue weighted by Gasteiger charge is 2.07. The molecule has 0 aliphatic rings. The number of aryl methyl sites for hydroxylation is 2. The summed E-state index contributed by atoms with van der Waals surface area (Å²) in [6.45, 7) is 5.00. The lowest BCUT2D eigenvalue weighted by Gasteiger charge is -2.02. The Labute approximate surface area is 112 Å². The number of aromatic nitrogens is 5. The number of nitrogens with zero attached hydrogens (tertiary/aromatic N) is 5. The lowest BCUT2D eigenvalue weighted by atomic mass is 10.2. The largest absolute Gasteiger partial charge is 0.383 e. The lowest BCUT2D eigenvalue weighted by Crippen LogP contribution is -2.18. The van der Waals surface area contributed by atoms with E-state index in [0.29, 0.717) is 13.2 Å². The van der Waals surface area contributed by atoms with Crippen molar-refractivity contribution in [2.45, 2.75) is 20.0 Å². The fourth-order valence-electron chi connectivity index (χ4n) is 1.82. The molecule has 2 rings (SSSR count). The molecule has 0 saturated carbocycles. The van der Waals surface area contributed by atoms with Crippen molar-refractivity contribution >= 4 is 0 Å². The van der Waals surface area contributed by atoms with Crippen molar-refractivity contribution in [3.8, 4) is 0 Å². The van der Waals surface area contributed by atoms with E-state index in [1.54, 1.807) is 18.1 Å². The van der Waals surface area contributed by atoms with Crippen molar-refractivity contribution in [2.24, 2.45) is 7.05 Å². The van der Waals surface area contributed by atoms with E-state index in [1.807, 2.05) is 24.9 Å². The molecule has 0 amide bonds. The number of methoxy groups -OCH3 is 1. The summed E-state index contributed by atoms with van der Waals surface area (Å²) in [5, 5.41) is 11.9. The summed E-state index contributed by atoms with van der Waals surface area (Å²) in [7, 11) is 3.58. The van der Waals surface area contributed by atoms with Crippen LogP contribution in [-0.2, 0) is 24.9 Å². The lowest BCUT2D eigenvalue weighted by molar-refractivity contribution is 0.199. The van der Waals surface area contributed by atoms with E-state index in [4.69, 9.17) is 4.74 Å². The minimum atomic E-state index is 0.634. The summed E-state index contributed by atoms with van der Waals surface area (Å²) >= 11 is 0. The zero-order valence-electron chi connectivity index (χ0n) is 11.6. The van der Waals surface area contributed by atoms with Crippen LogP contribution in [0.5, 0.6) is 0 Å². The molecule has 0 fully saturated rings. The minimum absolute atomic E-state index is 0.634. The molecular weight excluding hydrogens is 244 g/mol. The van der Waals surface area contributed by atoms with Gasteiger partial charge in [-0.05, 0) is 6.92 Å². The Morgan fingerprint density at radius 2 is 2.26 bits per heavy atom. The normalized spacial score (nSPS) is 11.1. The third-order valence-corrected chi connectivity index (χ3v) is 2.96. The van der Waals surface area contributed by atoms with Crippen LogP contribution in [0.1, 0.15) is 17.1 Å². The van der Waals surface area contributed by atoms with Gasteiger partial charge in [0.15, 0.2) is 0 Å². The van der Waals surface area contributed by atoms with E-state index in [1.165, 1.54) is 5.56 Å². The Hall–Kier alpha value is -1.73. The molecule has 1 N–H and O–H groups in total. The summed E-state index contributed by atoms with van der Waals surface area (Å²) in [4.78, 5) is 4.20. The minimum Gasteiger partial charge on any atom is -0.383 e. The Kier molecular flexibility index (Phi) is 4.64. The van der Waals surface area contributed by atoms with Gasteiger partial charge in [-0.25, -0.2) is 4.98 Å². The van der Waals surface area contributed by atoms with Gasteiger partial charge < -0.3 is 10.1 Å². The monoisotopic (exact) mass is 264 g/mol. The maximum atomic E-state index is 5.00. The van der Waals surface area contributed by atoms with Crippen LogP contribution in [0.2, 0.25) is 0 Å². The van der Waals surface area contributed by atoms with Crippen molar-refractivity contribution in [1.29, 1.82) is 0 Å². The average molecular weight is 264 g/mol. The van der Waals surface area contributed by atoms with Crippen LogP contribution in [0, 0.1) is 6.92 Å². The van der Waals surface area contributed by atoms with Crippen LogP contribution < -0.4 is 5.32 Å². The quantitative estimate of drug-likeness (QED) is 0.719. The summed E-state index contributed by atoms with van der Waals surface area (Å²) in [5.41, 5.74) is 2.23. The van der Waals surface area contributed by atoms with Crippen LogP contribution in [0.4, 0.5) is 0 Å². The molecule has 2 aromatic heterocycles. The van der Waals surface area contributed by atoms with Crippen LogP contribution in [0.15, 0.2) is 12.5 Å². The highest BCUT2D eigenvalue weighted by Crippen LogP contribution is 2.06. The number of hydrogen-bond acceptors (Lipinski definition) is 5. The molecule has 0 aliphatic carbocycles. The van der Waals surface area contributed by atoms with Crippen LogP contribution in [-0.4, -0.2) is 44.8 Å². The van der Waals surface area contributed by atoms with Gasteiger partial charge in [0.25, 0.3) is 0 Å². The Morgan fingerprint density at radius 1 is 1.42 bits per heavy atom. The molecule has 2 heterocycles. The molecule has 0 unspecified atom stereocenters. The molecule has 0 spiro atoms. The van der Waals surface area contributed by atoms with Gasteiger partial charge in [-0.15, -0.1) is 0 Å². The molecule has 0 aliphatic heterocycles. The fraction of sp³-hybridized carbons (Fsp3) is 0.583. The van der Waals surface area contributed by atoms with Crippen molar-refractivity contribution < 1.29 is 4.74 Å². The van der Waals surface area contributed by atoms with Gasteiger partial charge in [0.1, 0.15) is 18.7 Å². The maximum Gasteiger partial charge on any atom is 0.148 e. The van der Waals surface area contributed by atoms with E-state index in [2.05, 4.69) is 20.5 Å². The second-order valence-corrected chi connectivity index (χ2v) is 4.41. The van der Waals surface area contributed by atoms with Gasteiger partial charge in [-0.2, -0.15) is 10.2 Å². The second-order valence-electron chi connectivity index (χ2n) is 4.41. The molecule has 0 atom stereocenters. The number of nitrogens with one attached hydrogen (secondary N) is 1. The SMILES string of the molecule is COCCNCc1cn(Cc2ncnn2C)nc1C. The zero-order chi connectivity index (χ0) is 13.7. The first-order valence-electron chi connectivity index (χ1n) is 6.26. The molecule has 0 bridgehead atoms. The van der Waals surface area contributed by atoms with Crippen LogP contribution >= 0.6 is 0 Å². The zero-order valence-corrected chi connectivity index (χ0v) is 11.6. The van der Waals surface area contributed by atoms with E-state index in [-0.39, 0.29) is 0 Å². The summed E-state index contributed by atoms with van der Waals surface area (Å²) in [6, 6.07) is 0. The smallest absolute Gasteiger partial charge is 0.148 e. The first kappa shape index (κ1) is 13.7. The van der Waals surface area contributed by atoms with Crippen molar-refractivity contribution in [2.75, 3.05) is 20.3 Å². The first-order valence-corrected chi connectivity index (χ1v) is 6.26. The topological polar surface area (TPSA) is 69.8 Å². The molecule has 7 heteroatoms. The fourth-order valence-corrected chi connectivity index (χ4v) is 1.82. The summed E-state index contributed by atoms with van der Waals surface area (Å²) < 4.78 is 8.65. The number of hydrogen-bond donors (Lipinski definition) is 1. The van der Waals surface area contributed by atoms with E-state index in [0.717, 1.165) is 24.6 Å². The third kappa shape index (κ3) is 3.62. The van der Waals surface area contributed by atoms with E-state index >= 15 is 0 Å². The Balaban J connectivity index is 1.94. The predicted molar refractivity (Wildman–Crippen MR) is 70.7 cm³/mol. The third-order valence-electron chi connectivity index (χ3n) is 2.96. The molecular formula is C12H20N6O. The van der Waals surface area contributed by atoms with Crippen LogP contribution in [0.25, 0.3) is 0 Å². The average Bonchev–Trinajstić information content (AvgIpc) is 2.93. The first-order chi connectivity index (χ1) is 9.20. The Morgan fingerprint density at radius 3 is 2.95 bits per heavy atom. The highest BCUT2D eigenvalue weighted by molar-refractivity contribution is 5.15. The molecule has 0 radical (unpaired) electrons. The predicted octanol–water partition coefficient (Wildman–Crippen LogP) is 0.104. The number of rotatable bonds is 7. The van der Waals surface area contributed by atoms with E-state index < -0.39 is 0 Å². The summed E-state index contributed by atoms with van der Waals surface area (Å²) in [5.74, 6) is 0.890. The molecule has 7 nitrogen and oxygen atoms in total. The van der Waals surface area contributed by atoms with Gasteiger partial charge in [0.2, 0.25) is 0 Å². The molecule has 2 aromatic rings. The molecule has 19 heavy (non-hydrogen) atoms. The highest BCUT2D eigenvalue weighted by atomic mass is 16.5. The van der Waals surface area contributed by atoms with Crippen molar-refractivity contribution in [3.63, 3.8) is 0 Å². The van der Waals surface area contributed by atoms with Crippen LogP contribution in [0.3, 0.4) is 0 Å². The molecule has 104 valence electrons. The number of ether oxygens (including phenoxy) is 1. The Bertz CT molecular complexity index is 518. The standard InChI is InChI=1S/C12H20N6O/c1-10-11(6-13-4-5-19-3)7-18(16-10)8-12-14-9-15-17(12)2/h7,9,13H,4-6,8H2,1-3H3. The van der Waals surface area contributed by atoms with Gasteiger partial charge in [-0.3, -0.25) is 9.36 Å². The van der Waals surface area contributed by atoms with Crippen molar-refractivity contribution in [1.82, 2.24) is 29.9 Å². The van der Waals surface area contributed by atoms with Crippen molar-refractivity contribution in [3.05, 3.63) is 29.6 Å². The second kappa shape index (κ2) is 6.44.